The minimum absolute atomic E-state index is 0.348. The molecule has 2 rings (SSSR count). The van der Waals surface area contributed by atoms with Gasteiger partial charge in [0, 0.05) is 20.1 Å². The quantitative estimate of drug-likeness (QED) is 0.446. The molecule has 2 heterocycles. The summed E-state index contributed by atoms with van der Waals surface area (Å²) in [6, 6.07) is 0. The van der Waals surface area contributed by atoms with Crippen LogP contribution in [0.3, 0.4) is 0 Å². The van der Waals surface area contributed by atoms with Crippen molar-refractivity contribution >= 4 is 17.8 Å². The molecule has 8 heteroatoms. The van der Waals surface area contributed by atoms with E-state index in [9.17, 15) is 0 Å². The average molecular weight is 225 g/mol. The summed E-state index contributed by atoms with van der Waals surface area (Å²) in [5.41, 5.74) is 2.42. The third-order valence-electron chi connectivity index (χ3n) is 2.27. The first-order valence-electron chi connectivity index (χ1n) is 5.06. The third kappa shape index (κ3) is 2.28. The normalized spacial score (nSPS) is 16.0. The predicted octanol–water partition coefficient (Wildman–Crippen LogP) is -0.965. The Balaban J connectivity index is 2.24. The number of hydrogen-bond donors (Lipinski definition) is 3. The van der Waals surface area contributed by atoms with Gasteiger partial charge >= 0.3 is 0 Å². The van der Waals surface area contributed by atoms with Crippen molar-refractivity contribution in [2.24, 2.45) is 5.84 Å². The number of nitrogens with two attached hydrogens (primary N) is 1. The van der Waals surface area contributed by atoms with Crippen molar-refractivity contribution in [1.29, 1.82) is 0 Å². The minimum Gasteiger partial charge on any atom is -0.378 e. The Morgan fingerprint density at radius 2 is 1.88 bits per heavy atom. The number of nitrogens with one attached hydrogen (secondary N) is 2. The highest BCUT2D eigenvalue weighted by Crippen LogP contribution is 2.13. The number of nitrogens with zero attached hydrogens (tertiary/aromatic N) is 4. The standard InChI is InChI=1S/C8H15N7O/c1-10-6-11-7(14-9)13-8(12-6)15-2-4-16-5-3-15/h2-5,9H2,1H3,(H2,10,11,12,13,14). The topological polar surface area (TPSA) is 101 Å². The van der Waals surface area contributed by atoms with Gasteiger partial charge in [-0.3, -0.25) is 5.43 Å². The number of aromatic nitrogens is 3. The van der Waals surface area contributed by atoms with Gasteiger partial charge < -0.3 is 15.0 Å². The summed E-state index contributed by atoms with van der Waals surface area (Å²) in [4.78, 5) is 14.5. The minimum atomic E-state index is 0.348. The highest BCUT2D eigenvalue weighted by atomic mass is 16.5. The van der Waals surface area contributed by atoms with E-state index in [1.807, 2.05) is 4.90 Å². The lowest BCUT2D eigenvalue weighted by Crippen LogP contribution is -2.37. The Bertz CT molecular complexity index is 330. The highest BCUT2D eigenvalue weighted by Gasteiger charge is 2.15. The fraction of sp³-hybridized carbons (Fsp3) is 0.625. The van der Waals surface area contributed by atoms with Gasteiger partial charge in [-0.25, -0.2) is 5.84 Å². The molecule has 1 aromatic rings. The van der Waals surface area contributed by atoms with Crippen molar-refractivity contribution in [2.45, 2.75) is 0 Å². The zero-order chi connectivity index (χ0) is 11.4. The zero-order valence-electron chi connectivity index (χ0n) is 9.10. The SMILES string of the molecule is CNc1nc(NN)nc(N2CCOCC2)n1. The van der Waals surface area contributed by atoms with Crippen LogP contribution in [0, 0.1) is 0 Å². The van der Waals surface area contributed by atoms with Crippen molar-refractivity contribution in [3.63, 3.8) is 0 Å². The Morgan fingerprint density at radius 3 is 2.50 bits per heavy atom. The van der Waals surface area contributed by atoms with Crippen molar-refractivity contribution in [3.8, 4) is 0 Å². The second kappa shape index (κ2) is 4.90. The van der Waals surface area contributed by atoms with Crippen LogP contribution < -0.4 is 21.5 Å². The molecular formula is C8H15N7O. The second-order valence-electron chi connectivity index (χ2n) is 3.28. The van der Waals surface area contributed by atoms with E-state index in [1.54, 1.807) is 7.05 Å². The maximum Gasteiger partial charge on any atom is 0.243 e. The van der Waals surface area contributed by atoms with Crippen molar-refractivity contribution in [2.75, 3.05) is 49.0 Å². The van der Waals surface area contributed by atoms with E-state index in [-0.39, 0.29) is 0 Å². The molecule has 1 aliphatic heterocycles. The largest absolute Gasteiger partial charge is 0.378 e. The van der Waals surface area contributed by atoms with Gasteiger partial charge in [0.1, 0.15) is 0 Å². The molecule has 0 bridgehead atoms. The summed E-state index contributed by atoms with van der Waals surface area (Å²) in [5.74, 6) is 6.74. The van der Waals surface area contributed by atoms with E-state index in [2.05, 4.69) is 25.7 Å². The molecule has 88 valence electrons. The summed E-state index contributed by atoms with van der Waals surface area (Å²) in [5, 5.41) is 2.87. The van der Waals surface area contributed by atoms with Crippen LogP contribution in [0.1, 0.15) is 0 Å². The van der Waals surface area contributed by atoms with Crippen LogP contribution >= 0.6 is 0 Å². The van der Waals surface area contributed by atoms with Gasteiger partial charge in [-0.15, -0.1) is 0 Å². The number of hydrogen-bond acceptors (Lipinski definition) is 8. The first kappa shape index (κ1) is 10.8. The summed E-state index contributed by atoms with van der Waals surface area (Å²) in [6.07, 6.45) is 0. The molecule has 0 aromatic carbocycles. The summed E-state index contributed by atoms with van der Waals surface area (Å²) < 4.78 is 5.27. The van der Waals surface area contributed by atoms with Crippen LogP contribution in [0.25, 0.3) is 0 Å². The lowest BCUT2D eigenvalue weighted by Gasteiger charge is -2.26. The fourth-order valence-electron chi connectivity index (χ4n) is 1.45. The van der Waals surface area contributed by atoms with Crippen molar-refractivity contribution in [3.05, 3.63) is 0 Å². The number of ether oxygens (including phenoxy) is 1. The summed E-state index contributed by atoms with van der Waals surface area (Å²) in [6.45, 7) is 2.92. The van der Waals surface area contributed by atoms with Crippen LogP contribution in [0.4, 0.5) is 17.8 Å². The first-order valence-corrected chi connectivity index (χ1v) is 5.06. The molecule has 1 saturated heterocycles. The molecule has 1 aromatic heterocycles. The van der Waals surface area contributed by atoms with Crippen LogP contribution in [0.2, 0.25) is 0 Å². The van der Waals surface area contributed by atoms with Crippen LogP contribution in [0.5, 0.6) is 0 Å². The predicted molar refractivity (Wildman–Crippen MR) is 60.2 cm³/mol. The zero-order valence-corrected chi connectivity index (χ0v) is 9.10. The third-order valence-corrected chi connectivity index (χ3v) is 2.27. The Hall–Kier alpha value is -1.67. The molecule has 0 amide bonds. The number of anilines is 3. The monoisotopic (exact) mass is 225 g/mol. The summed E-state index contributed by atoms with van der Waals surface area (Å²) >= 11 is 0. The van der Waals surface area contributed by atoms with Gasteiger partial charge in [0.25, 0.3) is 0 Å². The Morgan fingerprint density at radius 1 is 1.19 bits per heavy atom. The van der Waals surface area contributed by atoms with E-state index in [4.69, 9.17) is 10.6 Å². The Kier molecular flexibility index (Phi) is 3.32. The maximum atomic E-state index is 5.30. The van der Waals surface area contributed by atoms with Gasteiger partial charge in [0.2, 0.25) is 17.8 Å². The van der Waals surface area contributed by atoms with E-state index >= 15 is 0 Å². The molecule has 0 saturated carbocycles. The molecule has 0 radical (unpaired) electrons. The molecule has 16 heavy (non-hydrogen) atoms. The lowest BCUT2D eigenvalue weighted by atomic mass is 10.4. The van der Waals surface area contributed by atoms with E-state index in [0.29, 0.717) is 31.1 Å². The molecule has 1 fully saturated rings. The second-order valence-corrected chi connectivity index (χ2v) is 3.28. The molecular weight excluding hydrogens is 210 g/mol. The molecule has 4 N–H and O–H groups in total. The lowest BCUT2D eigenvalue weighted by molar-refractivity contribution is 0.122. The molecule has 0 unspecified atom stereocenters. The van der Waals surface area contributed by atoms with Crippen molar-refractivity contribution in [1.82, 2.24) is 15.0 Å². The van der Waals surface area contributed by atoms with Crippen molar-refractivity contribution < 1.29 is 4.74 Å². The first-order chi connectivity index (χ1) is 7.83. The molecule has 8 nitrogen and oxygen atoms in total. The van der Waals surface area contributed by atoms with Gasteiger partial charge in [0.05, 0.1) is 13.2 Å². The number of rotatable bonds is 3. The van der Waals surface area contributed by atoms with Gasteiger partial charge in [-0.1, -0.05) is 0 Å². The molecule has 0 spiro atoms. The molecule has 1 aliphatic rings. The van der Waals surface area contributed by atoms with E-state index < -0.39 is 0 Å². The van der Waals surface area contributed by atoms with E-state index in [0.717, 1.165) is 13.1 Å². The van der Waals surface area contributed by atoms with Crippen LogP contribution in [-0.4, -0.2) is 48.3 Å². The summed E-state index contributed by atoms with van der Waals surface area (Å²) in [7, 11) is 1.75. The van der Waals surface area contributed by atoms with Gasteiger partial charge in [-0.2, -0.15) is 15.0 Å². The van der Waals surface area contributed by atoms with Crippen LogP contribution in [-0.2, 0) is 4.74 Å². The van der Waals surface area contributed by atoms with Crippen LogP contribution in [0.15, 0.2) is 0 Å². The molecule has 0 aliphatic carbocycles. The molecule has 0 atom stereocenters. The highest BCUT2D eigenvalue weighted by molar-refractivity contribution is 5.43. The smallest absolute Gasteiger partial charge is 0.243 e. The van der Waals surface area contributed by atoms with Gasteiger partial charge in [-0.05, 0) is 0 Å². The maximum absolute atomic E-state index is 5.30. The van der Waals surface area contributed by atoms with Gasteiger partial charge in [0.15, 0.2) is 0 Å². The number of morpholine rings is 1. The Labute approximate surface area is 93.2 Å². The van der Waals surface area contributed by atoms with E-state index in [1.165, 1.54) is 0 Å². The average Bonchev–Trinajstić information content (AvgIpc) is 2.39. The number of hydrazine groups is 1. The fourth-order valence-corrected chi connectivity index (χ4v) is 1.45. The number of nitrogen functional groups attached to an aromatic ring is 1.